The minimum atomic E-state index is -0.873. The predicted molar refractivity (Wildman–Crippen MR) is 70.6 cm³/mol. The van der Waals surface area contributed by atoms with Crippen LogP contribution in [-0.2, 0) is 0 Å². The molecule has 0 amide bonds. The van der Waals surface area contributed by atoms with Gasteiger partial charge in [-0.15, -0.1) is 0 Å². The van der Waals surface area contributed by atoms with Crippen molar-refractivity contribution in [1.29, 1.82) is 0 Å². The zero-order chi connectivity index (χ0) is 11.2. The zero-order valence-corrected chi connectivity index (χ0v) is 11.8. The van der Waals surface area contributed by atoms with Gasteiger partial charge in [0.1, 0.15) is 0 Å². The second kappa shape index (κ2) is 6.23. The van der Waals surface area contributed by atoms with E-state index in [-0.39, 0.29) is 0 Å². The molecule has 0 saturated carbocycles. The summed E-state index contributed by atoms with van der Waals surface area (Å²) < 4.78 is 0. The lowest BCUT2D eigenvalue weighted by Crippen LogP contribution is -2.17. The van der Waals surface area contributed by atoms with E-state index in [0.29, 0.717) is 0 Å². The number of hydrogen-bond donors (Lipinski definition) is 0. The first-order valence-electron chi connectivity index (χ1n) is 5.60. The summed E-state index contributed by atoms with van der Waals surface area (Å²) in [6.07, 6.45) is 7.21. The van der Waals surface area contributed by atoms with Crippen LogP contribution in [0.25, 0.3) is 0 Å². The summed E-state index contributed by atoms with van der Waals surface area (Å²) in [4.78, 5) is 0. The van der Waals surface area contributed by atoms with E-state index >= 15 is 0 Å². The molecule has 0 nitrogen and oxygen atoms in total. The van der Waals surface area contributed by atoms with Crippen molar-refractivity contribution in [3.63, 3.8) is 0 Å². The number of allylic oxidation sites excluding steroid dienone is 4. The molecule has 0 aliphatic carbocycles. The molecule has 0 aromatic heterocycles. The van der Waals surface area contributed by atoms with Crippen LogP contribution in [0.15, 0.2) is 23.3 Å². The molecule has 0 aliphatic rings. The van der Waals surface area contributed by atoms with Gasteiger partial charge in [-0.25, -0.2) is 0 Å². The summed E-state index contributed by atoms with van der Waals surface area (Å²) in [6.45, 7) is 13.9. The van der Waals surface area contributed by atoms with Crippen molar-refractivity contribution in [2.24, 2.45) is 0 Å². The molecule has 0 saturated heterocycles. The van der Waals surface area contributed by atoms with E-state index in [1.165, 1.54) is 24.5 Å². The van der Waals surface area contributed by atoms with E-state index in [1.54, 1.807) is 5.57 Å². The van der Waals surface area contributed by atoms with Crippen molar-refractivity contribution in [1.82, 2.24) is 0 Å². The lowest BCUT2D eigenvalue weighted by Gasteiger charge is -2.12. The fraction of sp³-hybridized carbons (Fsp3) is 0.692. The van der Waals surface area contributed by atoms with Gasteiger partial charge in [-0.1, -0.05) is 42.9 Å². The largest absolute Gasteiger partial charge is 0.0883 e. The zero-order valence-electron chi connectivity index (χ0n) is 10.8. The first-order valence-corrected chi connectivity index (χ1v) is 9.31. The first-order chi connectivity index (χ1) is 6.31. The van der Waals surface area contributed by atoms with Crippen LogP contribution in [0.2, 0.25) is 25.7 Å². The summed E-state index contributed by atoms with van der Waals surface area (Å²) in [7, 11) is -0.873. The average molecular weight is 210 g/mol. The van der Waals surface area contributed by atoms with Crippen LogP contribution in [0.4, 0.5) is 0 Å². The number of hydrogen-bond acceptors (Lipinski definition) is 0. The van der Waals surface area contributed by atoms with E-state index in [4.69, 9.17) is 0 Å². The van der Waals surface area contributed by atoms with Crippen molar-refractivity contribution in [3.8, 4) is 0 Å². The molecule has 0 fully saturated rings. The smallest absolute Gasteiger partial charge is 0.0480 e. The fourth-order valence-electron chi connectivity index (χ4n) is 1.17. The molecule has 0 atom stereocenters. The Morgan fingerprint density at radius 3 is 2.00 bits per heavy atom. The summed E-state index contributed by atoms with van der Waals surface area (Å²) in [5.74, 6) is 0. The average Bonchev–Trinajstić information content (AvgIpc) is 1.99. The minimum absolute atomic E-state index is 0.873. The van der Waals surface area contributed by atoms with E-state index in [1.807, 2.05) is 0 Å². The standard InChI is InChI=1S/C13H26Si/c1-12(2)8-7-9-13(3)10-11-14(4,5)6/h8,10H,7,9,11H2,1-6H3/b13-10+. The molecule has 0 bridgehead atoms. The normalized spacial score (nSPS) is 12.9. The van der Waals surface area contributed by atoms with E-state index in [2.05, 4.69) is 52.6 Å². The molecule has 0 unspecified atom stereocenters. The highest BCUT2D eigenvalue weighted by Crippen LogP contribution is 2.13. The third kappa shape index (κ3) is 9.78. The van der Waals surface area contributed by atoms with E-state index < -0.39 is 8.07 Å². The topological polar surface area (TPSA) is 0 Å². The van der Waals surface area contributed by atoms with Gasteiger partial charge in [-0.05, 0) is 39.7 Å². The van der Waals surface area contributed by atoms with Gasteiger partial charge < -0.3 is 0 Å². The van der Waals surface area contributed by atoms with Gasteiger partial charge in [0.15, 0.2) is 0 Å². The third-order valence-corrected chi connectivity index (χ3v) is 3.58. The van der Waals surface area contributed by atoms with Gasteiger partial charge in [-0.2, -0.15) is 0 Å². The molecular weight excluding hydrogens is 184 g/mol. The minimum Gasteiger partial charge on any atom is -0.0883 e. The van der Waals surface area contributed by atoms with Crippen LogP contribution in [0, 0.1) is 0 Å². The molecule has 0 N–H and O–H groups in total. The highest BCUT2D eigenvalue weighted by Gasteiger charge is 2.09. The van der Waals surface area contributed by atoms with Gasteiger partial charge in [-0.3, -0.25) is 0 Å². The predicted octanol–water partition coefficient (Wildman–Crippen LogP) is 5.02. The van der Waals surface area contributed by atoms with Crippen LogP contribution < -0.4 is 0 Å². The quantitative estimate of drug-likeness (QED) is 0.441. The monoisotopic (exact) mass is 210 g/mol. The lowest BCUT2D eigenvalue weighted by molar-refractivity contribution is 0.962. The lowest BCUT2D eigenvalue weighted by atomic mass is 10.1. The summed E-state index contributed by atoms with van der Waals surface area (Å²) in [5, 5.41) is 0. The summed E-state index contributed by atoms with van der Waals surface area (Å²) in [5.41, 5.74) is 2.99. The summed E-state index contributed by atoms with van der Waals surface area (Å²) >= 11 is 0. The van der Waals surface area contributed by atoms with Crippen molar-refractivity contribution in [2.45, 2.75) is 59.3 Å². The van der Waals surface area contributed by atoms with Gasteiger partial charge in [0.25, 0.3) is 0 Å². The number of rotatable bonds is 5. The van der Waals surface area contributed by atoms with Crippen LogP contribution in [0.3, 0.4) is 0 Å². The van der Waals surface area contributed by atoms with Crippen molar-refractivity contribution < 1.29 is 0 Å². The third-order valence-electron chi connectivity index (χ3n) is 2.15. The Balaban J connectivity index is 3.85. The van der Waals surface area contributed by atoms with Gasteiger partial charge in [0, 0.05) is 8.07 Å². The molecule has 0 heterocycles. The molecule has 0 aliphatic heterocycles. The van der Waals surface area contributed by atoms with Crippen LogP contribution in [0.1, 0.15) is 33.6 Å². The second-order valence-corrected chi connectivity index (χ2v) is 11.2. The molecule has 0 spiro atoms. The molecule has 14 heavy (non-hydrogen) atoms. The Bertz CT molecular complexity index is 212. The Hall–Kier alpha value is -0.303. The van der Waals surface area contributed by atoms with Gasteiger partial charge in [0.2, 0.25) is 0 Å². The molecule has 82 valence electrons. The Labute approximate surface area is 91.1 Å². The van der Waals surface area contributed by atoms with Gasteiger partial charge in [0.05, 0.1) is 0 Å². The molecule has 0 aromatic rings. The molecule has 1 heteroatoms. The Morgan fingerprint density at radius 2 is 1.57 bits per heavy atom. The maximum atomic E-state index is 2.45. The molecular formula is C13H26Si. The molecule has 0 radical (unpaired) electrons. The molecule has 0 aromatic carbocycles. The molecule has 0 rings (SSSR count). The van der Waals surface area contributed by atoms with Crippen molar-refractivity contribution in [3.05, 3.63) is 23.3 Å². The van der Waals surface area contributed by atoms with Crippen molar-refractivity contribution in [2.75, 3.05) is 0 Å². The maximum absolute atomic E-state index is 2.45. The Morgan fingerprint density at radius 1 is 1.00 bits per heavy atom. The summed E-state index contributed by atoms with van der Waals surface area (Å²) in [6, 6.07) is 1.33. The van der Waals surface area contributed by atoms with Gasteiger partial charge >= 0.3 is 0 Å². The highest BCUT2D eigenvalue weighted by atomic mass is 28.3. The first kappa shape index (κ1) is 13.7. The van der Waals surface area contributed by atoms with Crippen LogP contribution in [-0.4, -0.2) is 8.07 Å². The SMILES string of the molecule is CC(C)=CCC/C(C)=C/C[Si](C)(C)C. The van der Waals surface area contributed by atoms with Crippen LogP contribution in [0.5, 0.6) is 0 Å². The fourth-order valence-corrected chi connectivity index (χ4v) is 2.13. The maximum Gasteiger partial charge on any atom is 0.0480 e. The Kier molecular flexibility index (Phi) is 6.10. The highest BCUT2D eigenvalue weighted by molar-refractivity contribution is 6.76. The van der Waals surface area contributed by atoms with E-state index in [0.717, 1.165) is 0 Å². The van der Waals surface area contributed by atoms with Crippen LogP contribution >= 0.6 is 0 Å². The second-order valence-electron chi connectivity index (χ2n) is 5.64. The van der Waals surface area contributed by atoms with E-state index in [9.17, 15) is 0 Å². The van der Waals surface area contributed by atoms with Crippen molar-refractivity contribution >= 4 is 8.07 Å².